The molecule has 0 saturated heterocycles. The third kappa shape index (κ3) is 4.85. The molecule has 0 spiro atoms. The van der Waals surface area contributed by atoms with Crippen molar-refractivity contribution in [3.8, 4) is 5.75 Å². The standard InChI is InChI=1S/C18H19NO4/c1-12-7-13(2)9-15(8-12)19-17(20)11-23-16-6-4-5-14(10-16)18(21)22-3/h4-10H,11H2,1-3H3,(H,19,20). The molecule has 1 N–H and O–H groups in total. The molecule has 5 heteroatoms. The number of nitrogens with one attached hydrogen (secondary N) is 1. The largest absolute Gasteiger partial charge is 0.484 e. The minimum Gasteiger partial charge on any atom is -0.484 e. The number of benzene rings is 2. The number of anilines is 1. The van der Waals surface area contributed by atoms with Gasteiger partial charge in [0.05, 0.1) is 12.7 Å². The number of ether oxygens (including phenoxy) is 2. The second-order valence-electron chi connectivity index (χ2n) is 5.23. The number of hydrogen-bond acceptors (Lipinski definition) is 4. The van der Waals surface area contributed by atoms with Gasteiger partial charge < -0.3 is 14.8 Å². The van der Waals surface area contributed by atoms with Gasteiger partial charge in [0.1, 0.15) is 5.75 Å². The van der Waals surface area contributed by atoms with E-state index in [4.69, 9.17) is 4.74 Å². The van der Waals surface area contributed by atoms with Crippen molar-refractivity contribution in [2.24, 2.45) is 0 Å². The van der Waals surface area contributed by atoms with Gasteiger partial charge in [0.15, 0.2) is 6.61 Å². The Morgan fingerprint density at radius 3 is 2.39 bits per heavy atom. The van der Waals surface area contributed by atoms with Crippen LogP contribution < -0.4 is 10.1 Å². The van der Waals surface area contributed by atoms with E-state index in [1.54, 1.807) is 18.2 Å². The maximum Gasteiger partial charge on any atom is 0.337 e. The first kappa shape index (κ1) is 16.5. The first-order valence-electron chi connectivity index (χ1n) is 7.17. The van der Waals surface area contributed by atoms with E-state index in [2.05, 4.69) is 10.1 Å². The van der Waals surface area contributed by atoms with E-state index < -0.39 is 5.97 Å². The molecule has 2 rings (SSSR count). The van der Waals surface area contributed by atoms with Crippen molar-refractivity contribution < 1.29 is 19.1 Å². The third-order valence-corrected chi connectivity index (χ3v) is 3.13. The van der Waals surface area contributed by atoms with Crippen LogP contribution in [0, 0.1) is 13.8 Å². The summed E-state index contributed by atoms with van der Waals surface area (Å²) >= 11 is 0. The fourth-order valence-corrected chi connectivity index (χ4v) is 2.22. The van der Waals surface area contributed by atoms with E-state index >= 15 is 0 Å². The average molecular weight is 313 g/mol. The first-order chi connectivity index (χ1) is 11.0. The van der Waals surface area contributed by atoms with Crippen molar-refractivity contribution in [1.82, 2.24) is 0 Å². The highest BCUT2D eigenvalue weighted by Gasteiger charge is 2.08. The fourth-order valence-electron chi connectivity index (χ4n) is 2.22. The molecule has 1 amide bonds. The minimum atomic E-state index is -0.449. The number of carbonyl (C=O) groups is 2. The minimum absolute atomic E-state index is 0.141. The molecule has 0 aromatic heterocycles. The van der Waals surface area contributed by atoms with Gasteiger partial charge in [-0.05, 0) is 55.3 Å². The lowest BCUT2D eigenvalue weighted by atomic mass is 10.1. The number of rotatable bonds is 5. The Kier molecular flexibility index (Phi) is 5.36. The van der Waals surface area contributed by atoms with E-state index in [1.807, 2.05) is 32.0 Å². The molecule has 0 aliphatic heterocycles. The lowest BCUT2D eigenvalue weighted by molar-refractivity contribution is -0.118. The molecule has 0 fully saturated rings. The molecular formula is C18H19NO4. The number of methoxy groups -OCH3 is 1. The number of esters is 1. The molecule has 0 saturated carbocycles. The maximum atomic E-state index is 12.0. The Balaban J connectivity index is 1.95. The predicted molar refractivity (Wildman–Crippen MR) is 87.8 cm³/mol. The van der Waals surface area contributed by atoms with Crippen molar-refractivity contribution in [3.05, 3.63) is 59.2 Å². The van der Waals surface area contributed by atoms with E-state index in [0.29, 0.717) is 11.3 Å². The monoisotopic (exact) mass is 313 g/mol. The van der Waals surface area contributed by atoms with Gasteiger partial charge >= 0.3 is 5.97 Å². The number of aryl methyl sites for hydroxylation is 2. The Morgan fingerprint density at radius 1 is 1.04 bits per heavy atom. The number of hydrogen-bond donors (Lipinski definition) is 1. The van der Waals surface area contributed by atoms with Crippen molar-refractivity contribution in [1.29, 1.82) is 0 Å². The van der Waals surface area contributed by atoms with Gasteiger partial charge in [0.2, 0.25) is 0 Å². The van der Waals surface area contributed by atoms with Crippen LogP contribution in [0.25, 0.3) is 0 Å². The van der Waals surface area contributed by atoms with Crippen LogP contribution in [0.3, 0.4) is 0 Å². The summed E-state index contributed by atoms with van der Waals surface area (Å²) in [5, 5.41) is 2.79. The van der Waals surface area contributed by atoms with Crippen molar-refractivity contribution in [2.75, 3.05) is 19.0 Å². The van der Waals surface area contributed by atoms with E-state index in [1.165, 1.54) is 13.2 Å². The summed E-state index contributed by atoms with van der Waals surface area (Å²) in [6.45, 7) is 3.80. The first-order valence-corrected chi connectivity index (χ1v) is 7.17. The summed E-state index contributed by atoms with van der Waals surface area (Å²) in [5.41, 5.74) is 3.26. The number of carbonyl (C=O) groups excluding carboxylic acids is 2. The quantitative estimate of drug-likeness (QED) is 0.861. The second-order valence-corrected chi connectivity index (χ2v) is 5.23. The van der Waals surface area contributed by atoms with Crippen LogP contribution >= 0.6 is 0 Å². The van der Waals surface area contributed by atoms with Gasteiger partial charge in [-0.25, -0.2) is 4.79 Å². The molecule has 0 heterocycles. The highest BCUT2D eigenvalue weighted by molar-refractivity contribution is 5.92. The summed E-state index contributed by atoms with van der Waals surface area (Å²) < 4.78 is 10.1. The van der Waals surface area contributed by atoms with Gasteiger partial charge in [-0.15, -0.1) is 0 Å². The molecule has 2 aromatic rings. The molecule has 23 heavy (non-hydrogen) atoms. The maximum absolute atomic E-state index is 12.0. The second kappa shape index (κ2) is 7.45. The normalized spacial score (nSPS) is 10.0. The topological polar surface area (TPSA) is 64.6 Å². The average Bonchev–Trinajstić information content (AvgIpc) is 2.51. The molecule has 2 aromatic carbocycles. The van der Waals surface area contributed by atoms with Gasteiger partial charge in [-0.1, -0.05) is 12.1 Å². The third-order valence-electron chi connectivity index (χ3n) is 3.13. The van der Waals surface area contributed by atoms with E-state index in [9.17, 15) is 9.59 Å². The Hall–Kier alpha value is -2.82. The van der Waals surface area contributed by atoms with Crippen molar-refractivity contribution >= 4 is 17.6 Å². The van der Waals surface area contributed by atoms with Gasteiger partial charge in [-0.3, -0.25) is 4.79 Å². The fraction of sp³-hybridized carbons (Fsp3) is 0.222. The van der Waals surface area contributed by atoms with Crippen LogP contribution in [0.1, 0.15) is 21.5 Å². The molecule has 5 nitrogen and oxygen atoms in total. The van der Waals surface area contributed by atoms with Gasteiger partial charge in [0, 0.05) is 5.69 Å². The van der Waals surface area contributed by atoms with Gasteiger partial charge in [-0.2, -0.15) is 0 Å². The van der Waals surface area contributed by atoms with Crippen LogP contribution in [-0.4, -0.2) is 25.6 Å². The summed E-state index contributed by atoms with van der Waals surface area (Å²) in [6.07, 6.45) is 0. The molecule has 0 aliphatic rings. The van der Waals surface area contributed by atoms with Crippen LogP contribution in [0.2, 0.25) is 0 Å². The van der Waals surface area contributed by atoms with E-state index in [-0.39, 0.29) is 12.5 Å². The SMILES string of the molecule is COC(=O)c1cccc(OCC(=O)Nc2cc(C)cc(C)c2)c1. The van der Waals surface area contributed by atoms with E-state index in [0.717, 1.165) is 16.8 Å². The smallest absolute Gasteiger partial charge is 0.337 e. The van der Waals surface area contributed by atoms with Crippen molar-refractivity contribution in [3.63, 3.8) is 0 Å². The molecule has 0 unspecified atom stereocenters. The predicted octanol–water partition coefficient (Wildman–Crippen LogP) is 3.11. The summed E-state index contributed by atoms with van der Waals surface area (Å²) in [4.78, 5) is 23.4. The zero-order valence-electron chi connectivity index (χ0n) is 13.4. The van der Waals surface area contributed by atoms with Crippen LogP contribution in [0.5, 0.6) is 5.75 Å². The summed E-state index contributed by atoms with van der Waals surface area (Å²) in [5.74, 6) is -0.280. The Labute approximate surface area is 135 Å². The molecule has 120 valence electrons. The lowest BCUT2D eigenvalue weighted by Gasteiger charge is -2.09. The van der Waals surface area contributed by atoms with Crippen molar-refractivity contribution in [2.45, 2.75) is 13.8 Å². The van der Waals surface area contributed by atoms with Gasteiger partial charge in [0.25, 0.3) is 5.91 Å². The molecule has 0 bridgehead atoms. The zero-order chi connectivity index (χ0) is 16.8. The summed E-state index contributed by atoms with van der Waals surface area (Å²) in [6, 6.07) is 12.3. The Bertz CT molecular complexity index is 704. The zero-order valence-corrected chi connectivity index (χ0v) is 13.4. The summed E-state index contributed by atoms with van der Waals surface area (Å²) in [7, 11) is 1.31. The molecule has 0 atom stereocenters. The van der Waals surface area contributed by atoms with Crippen LogP contribution in [0.15, 0.2) is 42.5 Å². The van der Waals surface area contributed by atoms with Crippen LogP contribution in [-0.2, 0) is 9.53 Å². The van der Waals surface area contributed by atoms with Crippen LogP contribution in [0.4, 0.5) is 5.69 Å². The lowest BCUT2D eigenvalue weighted by Crippen LogP contribution is -2.20. The number of amides is 1. The Morgan fingerprint density at radius 2 is 1.74 bits per heavy atom. The molecular weight excluding hydrogens is 294 g/mol. The highest BCUT2D eigenvalue weighted by Crippen LogP contribution is 2.15. The molecule has 0 aliphatic carbocycles. The molecule has 0 radical (unpaired) electrons. The highest BCUT2D eigenvalue weighted by atomic mass is 16.5.